The van der Waals surface area contributed by atoms with E-state index in [0.29, 0.717) is 13.2 Å². The van der Waals surface area contributed by atoms with Crippen molar-refractivity contribution in [3.63, 3.8) is 0 Å². The van der Waals surface area contributed by atoms with Gasteiger partial charge in [-0.2, -0.15) is 0 Å². The van der Waals surface area contributed by atoms with Crippen LogP contribution in [-0.4, -0.2) is 49.2 Å². The highest BCUT2D eigenvalue weighted by Crippen LogP contribution is 2.15. The lowest BCUT2D eigenvalue weighted by molar-refractivity contribution is -0.0119. The summed E-state index contributed by atoms with van der Waals surface area (Å²) in [6, 6.07) is 0. The van der Waals surface area contributed by atoms with Crippen molar-refractivity contribution in [2.75, 3.05) is 34.0 Å². The van der Waals surface area contributed by atoms with Crippen LogP contribution in [-0.2, 0) is 22.4 Å². The van der Waals surface area contributed by atoms with Gasteiger partial charge in [0.1, 0.15) is 6.10 Å². The van der Waals surface area contributed by atoms with Crippen LogP contribution in [0.2, 0.25) is 0 Å². The molecule has 0 aromatic heterocycles. The maximum absolute atomic E-state index is 5.50. The van der Waals surface area contributed by atoms with Crippen LogP contribution >= 0.6 is 0 Å². The number of hydrogen-bond donors (Lipinski definition) is 0. The van der Waals surface area contributed by atoms with Gasteiger partial charge >= 0.3 is 9.05 Å². The summed E-state index contributed by atoms with van der Waals surface area (Å²) in [6.07, 6.45) is 1.10. The Bertz CT molecular complexity index is 158. The molecule has 0 bridgehead atoms. The first kappa shape index (κ1) is 12.1. The molecule has 1 saturated heterocycles. The van der Waals surface area contributed by atoms with Crippen LogP contribution in [0.3, 0.4) is 0 Å². The minimum Gasteiger partial charge on any atom is -0.371 e. The summed E-state index contributed by atoms with van der Waals surface area (Å²) >= 11 is 0. The van der Waals surface area contributed by atoms with E-state index in [-0.39, 0.29) is 6.10 Å². The van der Waals surface area contributed by atoms with Gasteiger partial charge in [0.2, 0.25) is 0 Å². The smallest absolute Gasteiger partial charge is 0.371 e. The Balaban J connectivity index is 2.31. The normalized spacial score (nSPS) is 21.2. The molecule has 0 amide bonds. The van der Waals surface area contributed by atoms with E-state index < -0.39 is 9.05 Å². The van der Waals surface area contributed by atoms with Crippen molar-refractivity contribution in [2.45, 2.75) is 19.4 Å². The van der Waals surface area contributed by atoms with Crippen molar-refractivity contribution in [1.29, 1.82) is 0 Å². The highest BCUT2D eigenvalue weighted by Gasteiger charge is 2.45. The molecule has 6 heteroatoms. The Labute approximate surface area is 85.7 Å². The predicted octanol–water partition coefficient (Wildman–Crippen LogP) is 0.557. The number of rotatable bonds is 8. The first-order valence-corrected chi connectivity index (χ1v) is 6.39. The first-order chi connectivity index (χ1) is 6.76. The molecular formula is C8H18O5Si. The number of hydrogen-bond acceptors (Lipinski definition) is 5. The number of epoxide rings is 1. The third kappa shape index (κ3) is 3.64. The fourth-order valence-electron chi connectivity index (χ4n) is 0.947. The third-order valence-corrected chi connectivity index (χ3v) is 3.91. The Morgan fingerprint density at radius 3 is 2.36 bits per heavy atom. The largest absolute Gasteiger partial charge is 0.679 e. The van der Waals surface area contributed by atoms with Crippen molar-refractivity contribution in [1.82, 2.24) is 0 Å². The van der Waals surface area contributed by atoms with E-state index in [0.717, 1.165) is 13.0 Å². The molecule has 0 spiro atoms. The first-order valence-electron chi connectivity index (χ1n) is 4.76. The Hall–Kier alpha value is 0.0169. The Morgan fingerprint density at radius 2 is 1.93 bits per heavy atom. The molecule has 0 radical (unpaired) electrons. The minimum absolute atomic E-state index is 0.192. The van der Waals surface area contributed by atoms with E-state index in [1.54, 1.807) is 14.2 Å². The Morgan fingerprint density at radius 1 is 1.29 bits per heavy atom. The molecule has 1 aliphatic heterocycles. The molecule has 1 unspecified atom stereocenters. The van der Waals surface area contributed by atoms with Crippen LogP contribution in [0.1, 0.15) is 13.3 Å². The van der Waals surface area contributed by atoms with Crippen LogP contribution in [0.15, 0.2) is 0 Å². The highest BCUT2D eigenvalue weighted by molar-refractivity contribution is 6.53. The summed E-state index contributed by atoms with van der Waals surface area (Å²) in [6.45, 7) is 3.84. The van der Waals surface area contributed by atoms with Gasteiger partial charge in [-0.25, -0.2) is 0 Å². The summed E-state index contributed by atoms with van der Waals surface area (Å²) < 4.78 is 26.4. The molecule has 84 valence electrons. The van der Waals surface area contributed by atoms with Gasteiger partial charge < -0.3 is 22.4 Å². The van der Waals surface area contributed by atoms with Crippen LogP contribution in [0.25, 0.3) is 0 Å². The number of ether oxygens (including phenoxy) is 1. The topological polar surface area (TPSA) is 49.5 Å². The minimum atomic E-state index is -2.87. The van der Waals surface area contributed by atoms with Gasteiger partial charge in [0.05, 0.1) is 13.2 Å². The van der Waals surface area contributed by atoms with Gasteiger partial charge in [0.15, 0.2) is 0 Å². The second-order valence-electron chi connectivity index (χ2n) is 3.02. The molecule has 1 aliphatic rings. The van der Waals surface area contributed by atoms with Gasteiger partial charge in [0, 0.05) is 20.8 Å². The standard InChI is InChI=1S/C8H18O5Si/c1-4-5-12-14(9-2,10-3)13-7-8-6-11-8/h8H,4-7H2,1-3H3. The van der Waals surface area contributed by atoms with Crippen molar-refractivity contribution >= 4 is 9.05 Å². The fraction of sp³-hybridized carbons (Fsp3) is 1.00. The van der Waals surface area contributed by atoms with E-state index in [2.05, 4.69) is 0 Å². The van der Waals surface area contributed by atoms with Gasteiger partial charge in [-0.15, -0.1) is 0 Å². The van der Waals surface area contributed by atoms with E-state index in [4.69, 9.17) is 22.4 Å². The Kier molecular flexibility index (Phi) is 5.00. The average Bonchev–Trinajstić information content (AvgIpc) is 3.03. The molecule has 1 atom stereocenters. The quantitative estimate of drug-likeness (QED) is 0.443. The summed E-state index contributed by atoms with van der Waals surface area (Å²) in [4.78, 5) is 0. The third-order valence-electron chi connectivity index (χ3n) is 1.83. The predicted molar refractivity (Wildman–Crippen MR) is 51.7 cm³/mol. The fourth-order valence-corrected chi connectivity index (χ4v) is 2.51. The lowest BCUT2D eigenvalue weighted by Gasteiger charge is -2.24. The molecule has 0 saturated carbocycles. The van der Waals surface area contributed by atoms with Gasteiger partial charge in [-0.3, -0.25) is 0 Å². The van der Waals surface area contributed by atoms with Gasteiger partial charge in [-0.05, 0) is 6.42 Å². The summed E-state index contributed by atoms with van der Waals surface area (Å²) in [7, 11) is 0.214. The second-order valence-corrected chi connectivity index (χ2v) is 5.42. The van der Waals surface area contributed by atoms with Crippen LogP contribution in [0, 0.1) is 0 Å². The molecule has 0 aromatic rings. The van der Waals surface area contributed by atoms with E-state index in [9.17, 15) is 0 Å². The van der Waals surface area contributed by atoms with E-state index >= 15 is 0 Å². The van der Waals surface area contributed by atoms with Crippen molar-refractivity contribution in [3.05, 3.63) is 0 Å². The summed E-state index contributed by atoms with van der Waals surface area (Å²) in [5.41, 5.74) is 0. The van der Waals surface area contributed by atoms with Crippen LogP contribution < -0.4 is 0 Å². The molecule has 1 heterocycles. The zero-order valence-corrected chi connectivity index (χ0v) is 9.95. The second kappa shape index (κ2) is 5.79. The molecule has 1 fully saturated rings. The zero-order valence-electron chi connectivity index (χ0n) is 8.95. The summed E-state index contributed by atoms with van der Waals surface area (Å²) in [5.74, 6) is 0. The van der Waals surface area contributed by atoms with Gasteiger partial charge in [-0.1, -0.05) is 6.92 Å². The van der Waals surface area contributed by atoms with Crippen LogP contribution in [0.5, 0.6) is 0 Å². The molecule has 0 aromatic carbocycles. The van der Waals surface area contributed by atoms with Crippen LogP contribution in [0.4, 0.5) is 0 Å². The zero-order chi connectivity index (χ0) is 10.4. The highest BCUT2D eigenvalue weighted by atomic mass is 28.4. The molecular weight excluding hydrogens is 204 g/mol. The van der Waals surface area contributed by atoms with Crippen molar-refractivity contribution in [3.8, 4) is 0 Å². The molecule has 0 aliphatic carbocycles. The lowest BCUT2D eigenvalue weighted by Crippen LogP contribution is -2.48. The molecule has 14 heavy (non-hydrogen) atoms. The molecule has 0 N–H and O–H groups in total. The average molecular weight is 222 g/mol. The maximum atomic E-state index is 5.50. The van der Waals surface area contributed by atoms with E-state index in [1.807, 2.05) is 6.92 Å². The SMILES string of the molecule is CCCO[Si](OC)(OC)OCC1CO1. The summed E-state index contributed by atoms with van der Waals surface area (Å²) in [5, 5.41) is 0. The van der Waals surface area contributed by atoms with Crippen molar-refractivity contribution < 1.29 is 22.4 Å². The van der Waals surface area contributed by atoms with E-state index in [1.165, 1.54) is 0 Å². The van der Waals surface area contributed by atoms with Crippen molar-refractivity contribution in [2.24, 2.45) is 0 Å². The molecule has 5 nitrogen and oxygen atoms in total. The molecule has 1 rings (SSSR count). The van der Waals surface area contributed by atoms with Gasteiger partial charge in [0.25, 0.3) is 0 Å². The lowest BCUT2D eigenvalue weighted by atomic mass is 10.5. The monoisotopic (exact) mass is 222 g/mol. The maximum Gasteiger partial charge on any atom is 0.679 e.